The fourth-order valence-corrected chi connectivity index (χ4v) is 6.42. The molecule has 3 aromatic rings. The fraction of sp³-hybridized carbons (Fsp3) is 0.250. The molecular formula is C28H26N6O4S. The molecule has 10 nitrogen and oxygen atoms in total. The number of thioether (sulfide) groups is 1. The number of pyridine rings is 2. The lowest BCUT2D eigenvalue weighted by Gasteiger charge is -2.35. The molecule has 198 valence electrons. The lowest BCUT2D eigenvalue weighted by molar-refractivity contribution is -0.129. The van der Waals surface area contributed by atoms with Crippen LogP contribution in [0.3, 0.4) is 0 Å². The molecule has 11 heteroatoms. The van der Waals surface area contributed by atoms with Crippen LogP contribution in [0.5, 0.6) is 11.6 Å². The van der Waals surface area contributed by atoms with Gasteiger partial charge < -0.3 is 20.3 Å². The first kappa shape index (κ1) is 24.9. The largest absolute Gasteiger partial charge is 0.439 e. The van der Waals surface area contributed by atoms with E-state index in [2.05, 4.69) is 27.2 Å². The number of amides is 4. The molecule has 2 N–H and O–H groups in total. The Morgan fingerprint density at radius 2 is 1.97 bits per heavy atom. The van der Waals surface area contributed by atoms with Gasteiger partial charge in [-0.15, -0.1) is 0 Å². The number of rotatable bonds is 6. The average Bonchev–Trinajstić information content (AvgIpc) is 3.33. The Kier molecular flexibility index (Phi) is 6.65. The maximum absolute atomic E-state index is 13.4. The first-order chi connectivity index (χ1) is 19.0. The van der Waals surface area contributed by atoms with E-state index in [-0.39, 0.29) is 23.9 Å². The highest BCUT2D eigenvalue weighted by atomic mass is 32.2. The second-order valence-corrected chi connectivity index (χ2v) is 10.6. The lowest BCUT2D eigenvalue weighted by atomic mass is 9.99. The van der Waals surface area contributed by atoms with Crippen molar-refractivity contribution in [3.63, 3.8) is 0 Å². The van der Waals surface area contributed by atoms with Crippen molar-refractivity contribution in [2.24, 2.45) is 0 Å². The molecule has 4 amide bonds. The van der Waals surface area contributed by atoms with Gasteiger partial charge in [-0.25, -0.2) is 14.8 Å². The summed E-state index contributed by atoms with van der Waals surface area (Å²) in [6.45, 7) is 4.65. The molecule has 0 aliphatic carbocycles. The maximum Gasteiger partial charge on any atom is 0.327 e. The second-order valence-electron chi connectivity index (χ2n) is 9.45. The summed E-state index contributed by atoms with van der Waals surface area (Å²) in [6.07, 6.45) is 6.19. The van der Waals surface area contributed by atoms with Gasteiger partial charge >= 0.3 is 6.03 Å². The zero-order valence-electron chi connectivity index (χ0n) is 20.9. The number of hydrogen-bond donors (Lipinski definition) is 2. The van der Waals surface area contributed by atoms with Crippen LogP contribution in [0.25, 0.3) is 0 Å². The van der Waals surface area contributed by atoms with Gasteiger partial charge in [-0.1, -0.05) is 24.4 Å². The van der Waals surface area contributed by atoms with Crippen LogP contribution in [-0.2, 0) is 9.59 Å². The number of anilines is 2. The highest BCUT2D eigenvalue weighted by Crippen LogP contribution is 2.50. The van der Waals surface area contributed by atoms with E-state index in [1.807, 2.05) is 12.1 Å². The highest BCUT2D eigenvalue weighted by Gasteiger charge is 2.47. The number of carbonyl (C=O) groups is 3. The third kappa shape index (κ3) is 4.81. The number of nitrogens with zero attached hydrogens (tertiary/aromatic N) is 4. The van der Waals surface area contributed by atoms with Crippen molar-refractivity contribution in [2.45, 2.75) is 35.2 Å². The second kappa shape index (κ2) is 10.4. The van der Waals surface area contributed by atoms with Crippen molar-refractivity contribution in [1.29, 1.82) is 0 Å². The van der Waals surface area contributed by atoms with Crippen LogP contribution in [0.2, 0.25) is 0 Å². The van der Waals surface area contributed by atoms with Gasteiger partial charge in [-0.05, 0) is 55.3 Å². The van der Waals surface area contributed by atoms with Crippen LogP contribution in [0, 0.1) is 0 Å². The minimum atomic E-state index is -0.570. The summed E-state index contributed by atoms with van der Waals surface area (Å²) >= 11 is 1.35. The minimum Gasteiger partial charge on any atom is -0.439 e. The fourth-order valence-electron chi connectivity index (χ4n) is 5.18. The molecule has 0 radical (unpaired) electrons. The SMILES string of the molecule is C=CC(=O)N1CCCC(NC(=O)[C@@H]2Sc3nccc4c3C2NC(=O)N4c2ccc(Oc3ccccn3)cc2)C1. The van der Waals surface area contributed by atoms with E-state index >= 15 is 0 Å². The molecule has 2 aromatic heterocycles. The van der Waals surface area contributed by atoms with E-state index in [4.69, 9.17) is 4.74 Å². The molecule has 1 aromatic carbocycles. The first-order valence-corrected chi connectivity index (χ1v) is 13.6. The predicted octanol–water partition coefficient (Wildman–Crippen LogP) is 3.94. The van der Waals surface area contributed by atoms with E-state index in [0.717, 1.165) is 18.4 Å². The topological polar surface area (TPSA) is 117 Å². The Bertz CT molecular complexity index is 1430. The molecule has 6 rings (SSSR count). The molecule has 5 heterocycles. The third-order valence-corrected chi connectivity index (χ3v) is 8.26. The third-order valence-electron chi connectivity index (χ3n) is 6.97. The normalized spacial score (nSPS) is 21.5. The van der Waals surface area contributed by atoms with Gasteiger partial charge in [0.05, 0.1) is 17.4 Å². The van der Waals surface area contributed by atoms with Crippen molar-refractivity contribution < 1.29 is 19.1 Å². The van der Waals surface area contributed by atoms with Gasteiger partial charge in [-0.3, -0.25) is 14.5 Å². The molecular weight excluding hydrogens is 516 g/mol. The summed E-state index contributed by atoms with van der Waals surface area (Å²) in [6, 6.07) is 13.4. The van der Waals surface area contributed by atoms with E-state index < -0.39 is 11.3 Å². The number of benzene rings is 1. The Morgan fingerprint density at radius 3 is 2.74 bits per heavy atom. The molecule has 3 aliphatic rings. The molecule has 1 fully saturated rings. The smallest absolute Gasteiger partial charge is 0.327 e. The van der Waals surface area contributed by atoms with Crippen molar-refractivity contribution in [1.82, 2.24) is 25.5 Å². The van der Waals surface area contributed by atoms with Crippen LogP contribution in [0.4, 0.5) is 16.2 Å². The molecule has 2 unspecified atom stereocenters. The number of nitrogens with one attached hydrogen (secondary N) is 2. The number of ether oxygens (including phenoxy) is 1. The van der Waals surface area contributed by atoms with Gasteiger partial charge in [0.25, 0.3) is 0 Å². The van der Waals surface area contributed by atoms with Gasteiger partial charge in [-0.2, -0.15) is 0 Å². The van der Waals surface area contributed by atoms with E-state index in [1.165, 1.54) is 17.8 Å². The number of urea groups is 1. The Balaban J connectivity index is 1.20. The molecule has 0 bridgehead atoms. The molecule has 3 aliphatic heterocycles. The predicted molar refractivity (Wildman–Crippen MR) is 146 cm³/mol. The van der Waals surface area contributed by atoms with Crippen LogP contribution in [-0.4, -0.2) is 57.1 Å². The molecule has 1 saturated heterocycles. The van der Waals surface area contributed by atoms with Gasteiger partial charge in [0.1, 0.15) is 16.0 Å². The maximum atomic E-state index is 13.4. The zero-order chi connectivity index (χ0) is 26.9. The van der Waals surface area contributed by atoms with E-state index in [1.54, 1.807) is 58.6 Å². The highest BCUT2D eigenvalue weighted by molar-refractivity contribution is 8.01. The summed E-state index contributed by atoms with van der Waals surface area (Å²) in [5, 5.41) is 6.27. The number of aromatic nitrogens is 2. The summed E-state index contributed by atoms with van der Waals surface area (Å²) in [5.41, 5.74) is 2.17. The number of hydrogen-bond acceptors (Lipinski definition) is 7. The summed E-state index contributed by atoms with van der Waals surface area (Å²) in [4.78, 5) is 50.8. The molecule has 39 heavy (non-hydrogen) atoms. The molecule has 0 spiro atoms. The van der Waals surface area contributed by atoms with Crippen molar-refractivity contribution >= 4 is 41.0 Å². The molecule has 3 atom stereocenters. The Hall–Kier alpha value is -4.38. The van der Waals surface area contributed by atoms with Gasteiger partial charge in [0.15, 0.2) is 0 Å². The average molecular weight is 543 g/mol. The van der Waals surface area contributed by atoms with Gasteiger partial charge in [0, 0.05) is 43.2 Å². The number of piperidine rings is 1. The number of carbonyl (C=O) groups excluding carboxylic acids is 3. The quantitative estimate of drug-likeness (QED) is 0.453. The standard InChI is InChI=1S/C28H26N6O4S/c1-2-22(35)33-15-5-6-17(16-33)31-26(36)25-24-23-20(12-14-30-27(23)39-25)34(28(37)32-24)18-8-10-19(11-9-18)38-21-7-3-4-13-29-21/h2-4,7-14,17,24-25H,1,5-6,15-16H2,(H,31,36)(H,32,37)/t17?,24?,25-/m1/s1. The summed E-state index contributed by atoms with van der Waals surface area (Å²) in [5.74, 6) is 0.749. The van der Waals surface area contributed by atoms with Crippen molar-refractivity contribution in [3.8, 4) is 11.6 Å². The van der Waals surface area contributed by atoms with Crippen LogP contribution in [0.15, 0.2) is 78.6 Å². The lowest BCUT2D eigenvalue weighted by Crippen LogP contribution is -2.53. The summed E-state index contributed by atoms with van der Waals surface area (Å²) in [7, 11) is 0. The Labute approximate surface area is 229 Å². The zero-order valence-corrected chi connectivity index (χ0v) is 21.8. The minimum absolute atomic E-state index is 0.138. The monoisotopic (exact) mass is 542 g/mol. The van der Waals surface area contributed by atoms with Gasteiger partial charge in [0.2, 0.25) is 17.7 Å². The van der Waals surface area contributed by atoms with Crippen molar-refractivity contribution in [2.75, 3.05) is 18.0 Å². The number of likely N-dealkylation sites (tertiary alicyclic amines) is 1. The van der Waals surface area contributed by atoms with Crippen LogP contribution in [0.1, 0.15) is 24.4 Å². The Morgan fingerprint density at radius 1 is 1.13 bits per heavy atom. The first-order valence-electron chi connectivity index (χ1n) is 12.7. The van der Waals surface area contributed by atoms with Crippen molar-refractivity contribution in [3.05, 3.63) is 79.1 Å². The van der Waals surface area contributed by atoms with Crippen LogP contribution < -0.4 is 20.3 Å². The molecule has 0 saturated carbocycles. The summed E-state index contributed by atoms with van der Waals surface area (Å²) < 4.78 is 5.78. The van der Waals surface area contributed by atoms with E-state index in [9.17, 15) is 14.4 Å². The van der Waals surface area contributed by atoms with E-state index in [0.29, 0.717) is 41.1 Å². The van der Waals surface area contributed by atoms with Crippen LogP contribution >= 0.6 is 11.8 Å².